The molecule has 0 spiro atoms. The fourth-order valence-corrected chi connectivity index (χ4v) is 4.43. The molecule has 2 aliphatic rings. The van der Waals surface area contributed by atoms with Crippen molar-refractivity contribution >= 4 is 15.9 Å². The van der Waals surface area contributed by atoms with Crippen molar-refractivity contribution in [3.8, 4) is 0 Å². The van der Waals surface area contributed by atoms with Crippen LogP contribution >= 0.6 is 0 Å². The Labute approximate surface area is 114 Å². The Hall–Kier alpha value is -0.660. The summed E-state index contributed by atoms with van der Waals surface area (Å²) < 4.78 is 25.8. The lowest BCUT2D eigenvalue weighted by molar-refractivity contribution is -0.121. The van der Waals surface area contributed by atoms with Crippen LogP contribution in [0, 0.1) is 5.92 Å². The number of nitrogens with one attached hydrogen (secondary N) is 1. The number of primary amides is 1. The first-order valence-corrected chi connectivity index (χ1v) is 8.60. The van der Waals surface area contributed by atoms with E-state index in [1.807, 2.05) is 0 Å². The monoisotopic (exact) mass is 289 g/mol. The van der Waals surface area contributed by atoms with Crippen molar-refractivity contribution in [2.75, 3.05) is 25.4 Å². The molecule has 2 heterocycles. The van der Waals surface area contributed by atoms with Crippen LogP contribution in [0.4, 0.5) is 0 Å². The molecule has 2 rings (SSSR count). The van der Waals surface area contributed by atoms with Gasteiger partial charge < -0.3 is 11.1 Å². The van der Waals surface area contributed by atoms with Gasteiger partial charge >= 0.3 is 0 Å². The first-order chi connectivity index (χ1) is 8.99. The predicted octanol–water partition coefficient (Wildman–Crippen LogP) is -0.344. The highest BCUT2D eigenvalue weighted by Gasteiger charge is 2.34. The highest BCUT2D eigenvalue weighted by atomic mass is 32.2. The summed E-state index contributed by atoms with van der Waals surface area (Å²) in [6, 6.07) is 0.318. The number of nitrogens with zero attached hydrogens (tertiary/aromatic N) is 1. The average molecular weight is 289 g/mol. The summed E-state index contributed by atoms with van der Waals surface area (Å²) in [5.41, 5.74) is 5.22. The summed E-state index contributed by atoms with van der Waals surface area (Å²) >= 11 is 0. The van der Waals surface area contributed by atoms with E-state index >= 15 is 0 Å². The molecule has 0 aliphatic carbocycles. The number of hydrogen-bond donors (Lipinski definition) is 2. The van der Waals surface area contributed by atoms with Gasteiger partial charge in [-0.1, -0.05) is 6.42 Å². The number of nitrogens with two attached hydrogens (primary N) is 1. The fraction of sp³-hybridized carbons (Fsp3) is 0.917. The van der Waals surface area contributed by atoms with Crippen LogP contribution in [0.5, 0.6) is 0 Å². The second kappa shape index (κ2) is 6.19. The van der Waals surface area contributed by atoms with Gasteiger partial charge in [0.15, 0.2) is 0 Å². The number of rotatable bonds is 5. The highest BCUT2D eigenvalue weighted by Crippen LogP contribution is 2.20. The van der Waals surface area contributed by atoms with E-state index in [2.05, 4.69) is 5.32 Å². The first-order valence-electron chi connectivity index (χ1n) is 6.99. The van der Waals surface area contributed by atoms with Crippen LogP contribution in [0.2, 0.25) is 0 Å². The molecule has 0 aromatic heterocycles. The normalized spacial score (nSPS) is 29.5. The number of amides is 1. The van der Waals surface area contributed by atoms with E-state index < -0.39 is 15.9 Å². The molecule has 0 radical (unpaired) electrons. The Morgan fingerprint density at radius 3 is 2.68 bits per heavy atom. The predicted molar refractivity (Wildman–Crippen MR) is 72.9 cm³/mol. The van der Waals surface area contributed by atoms with Crippen LogP contribution in [0.25, 0.3) is 0 Å². The smallest absolute Gasteiger partial charge is 0.221 e. The van der Waals surface area contributed by atoms with E-state index in [0.29, 0.717) is 25.4 Å². The fourth-order valence-electron chi connectivity index (χ4n) is 2.80. The topological polar surface area (TPSA) is 92.5 Å². The lowest BCUT2D eigenvalue weighted by Gasteiger charge is -2.24. The van der Waals surface area contributed by atoms with E-state index in [1.165, 1.54) is 17.1 Å². The number of carbonyl (C=O) groups is 1. The Balaban J connectivity index is 1.83. The van der Waals surface area contributed by atoms with Crippen molar-refractivity contribution < 1.29 is 13.2 Å². The SMILES string of the molecule is NC(=O)C1CCN(S(=O)(=O)CCC2CCCCN2)C1. The third-order valence-corrected chi connectivity index (χ3v) is 5.95. The standard InChI is InChI=1S/C12H23N3O3S/c13-12(16)10-4-7-15(9-10)19(17,18)8-5-11-3-1-2-6-14-11/h10-11,14H,1-9H2,(H2,13,16). The highest BCUT2D eigenvalue weighted by molar-refractivity contribution is 7.89. The van der Waals surface area contributed by atoms with Crippen LogP contribution in [-0.4, -0.2) is 50.1 Å². The minimum atomic E-state index is -3.24. The van der Waals surface area contributed by atoms with Gasteiger partial charge in [-0.25, -0.2) is 12.7 Å². The molecule has 6 nitrogen and oxygen atoms in total. The first kappa shape index (κ1) is 14.7. The van der Waals surface area contributed by atoms with Crippen molar-refractivity contribution in [2.24, 2.45) is 11.7 Å². The van der Waals surface area contributed by atoms with E-state index in [9.17, 15) is 13.2 Å². The van der Waals surface area contributed by atoms with Crippen molar-refractivity contribution in [1.82, 2.24) is 9.62 Å². The van der Waals surface area contributed by atoms with Crippen LogP contribution in [0.3, 0.4) is 0 Å². The Morgan fingerprint density at radius 2 is 2.11 bits per heavy atom. The molecule has 0 bridgehead atoms. The van der Waals surface area contributed by atoms with Gasteiger partial charge in [0.25, 0.3) is 0 Å². The maximum Gasteiger partial charge on any atom is 0.221 e. The average Bonchev–Trinajstić information content (AvgIpc) is 2.88. The van der Waals surface area contributed by atoms with Crippen molar-refractivity contribution in [3.05, 3.63) is 0 Å². The zero-order valence-corrected chi connectivity index (χ0v) is 12.0. The summed E-state index contributed by atoms with van der Waals surface area (Å²) in [5, 5.41) is 3.35. The van der Waals surface area contributed by atoms with Gasteiger partial charge in [0.05, 0.1) is 11.7 Å². The Kier molecular flexibility index (Phi) is 4.81. The zero-order valence-electron chi connectivity index (χ0n) is 11.2. The largest absolute Gasteiger partial charge is 0.369 e. The molecule has 2 aliphatic heterocycles. The molecule has 2 atom stereocenters. The van der Waals surface area contributed by atoms with Gasteiger partial charge in [-0.05, 0) is 32.2 Å². The molecular formula is C12H23N3O3S. The van der Waals surface area contributed by atoms with Gasteiger partial charge in [0.2, 0.25) is 15.9 Å². The molecule has 1 amide bonds. The van der Waals surface area contributed by atoms with Gasteiger partial charge in [0.1, 0.15) is 0 Å². The Bertz CT molecular complexity index is 418. The molecule has 3 N–H and O–H groups in total. The minimum Gasteiger partial charge on any atom is -0.369 e. The molecule has 0 aromatic rings. The zero-order chi connectivity index (χ0) is 13.9. The maximum atomic E-state index is 12.2. The molecule has 0 saturated carbocycles. The molecular weight excluding hydrogens is 266 g/mol. The summed E-state index contributed by atoms with van der Waals surface area (Å²) in [6.45, 7) is 1.67. The number of hydrogen-bond acceptors (Lipinski definition) is 4. The molecule has 2 saturated heterocycles. The van der Waals surface area contributed by atoms with Gasteiger partial charge in [0, 0.05) is 19.1 Å². The molecule has 2 unspecified atom stereocenters. The molecule has 0 aromatic carbocycles. The molecule has 2 fully saturated rings. The summed E-state index contributed by atoms with van der Waals surface area (Å²) in [6.07, 6.45) is 4.61. The van der Waals surface area contributed by atoms with Crippen molar-refractivity contribution in [1.29, 1.82) is 0 Å². The van der Waals surface area contributed by atoms with Gasteiger partial charge in [-0.15, -0.1) is 0 Å². The van der Waals surface area contributed by atoms with Gasteiger partial charge in [-0.3, -0.25) is 4.79 Å². The minimum absolute atomic E-state index is 0.163. The molecule has 7 heteroatoms. The van der Waals surface area contributed by atoms with E-state index in [4.69, 9.17) is 5.73 Å². The van der Waals surface area contributed by atoms with Crippen molar-refractivity contribution in [3.63, 3.8) is 0 Å². The van der Waals surface area contributed by atoms with E-state index in [-0.39, 0.29) is 18.2 Å². The number of carbonyl (C=O) groups excluding carboxylic acids is 1. The van der Waals surface area contributed by atoms with Crippen LogP contribution in [0.15, 0.2) is 0 Å². The van der Waals surface area contributed by atoms with E-state index in [1.54, 1.807) is 0 Å². The summed E-state index contributed by atoms with van der Waals surface area (Å²) in [4.78, 5) is 11.1. The number of sulfonamides is 1. The van der Waals surface area contributed by atoms with E-state index in [0.717, 1.165) is 13.0 Å². The summed E-state index contributed by atoms with van der Waals surface area (Å²) in [5.74, 6) is -0.551. The van der Waals surface area contributed by atoms with Crippen LogP contribution in [0.1, 0.15) is 32.1 Å². The van der Waals surface area contributed by atoms with Crippen LogP contribution in [-0.2, 0) is 14.8 Å². The van der Waals surface area contributed by atoms with Crippen LogP contribution < -0.4 is 11.1 Å². The van der Waals surface area contributed by atoms with Gasteiger partial charge in [-0.2, -0.15) is 0 Å². The quantitative estimate of drug-likeness (QED) is 0.724. The lowest BCUT2D eigenvalue weighted by atomic mass is 10.0. The third-order valence-electron chi connectivity index (χ3n) is 4.08. The number of piperidine rings is 1. The molecule has 19 heavy (non-hydrogen) atoms. The lowest BCUT2D eigenvalue weighted by Crippen LogP contribution is -2.38. The third kappa shape index (κ3) is 3.90. The molecule has 110 valence electrons. The second-order valence-electron chi connectivity index (χ2n) is 5.50. The maximum absolute atomic E-state index is 12.2. The Morgan fingerprint density at radius 1 is 1.32 bits per heavy atom. The van der Waals surface area contributed by atoms with Crippen molar-refractivity contribution in [2.45, 2.75) is 38.1 Å². The summed E-state index contributed by atoms with van der Waals surface area (Å²) in [7, 11) is -3.24. The second-order valence-corrected chi connectivity index (χ2v) is 7.59.